The molecule has 0 aromatic carbocycles. The molecule has 0 saturated heterocycles. The Morgan fingerprint density at radius 1 is 1.40 bits per heavy atom. The molecule has 0 radical (unpaired) electrons. The topological polar surface area (TPSA) is 48.5 Å². The second-order valence-corrected chi connectivity index (χ2v) is 4.69. The van der Waals surface area contributed by atoms with Gasteiger partial charge in [0.25, 0.3) is 0 Å². The number of aryl methyl sites for hydroxylation is 1. The lowest BCUT2D eigenvalue weighted by molar-refractivity contribution is 0.747. The SMILES string of the molecule is Cn1ncc(-c2nnc(CBr)n2C)c1I. The fourth-order valence-corrected chi connectivity index (χ4v) is 2.28. The van der Waals surface area contributed by atoms with Crippen molar-refractivity contribution in [3.05, 3.63) is 15.7 Å². The van der Waals surface area contributed by atoms with Gasteiger partial charge >= 0.3 is 0 Å². The van der Waals surface area contributed by atoms with E-state index in [9.17, 15) is 0 Å². The van der Waals surface area contributed by atoms with E-state index in [1.165, 1.54) is 0 Å². The minimum absolute atomic E-state index is 0.702. The molecule has 0 aliphatic carbocycles. The smallest absolute Gasteiger partial charge is 0.168 e. The molecule has 80 valence electrons. The van der Waals surface area contributed by atoms with Gasteiger partial charge in [-0.25, -0.2) is 0 Å². The van der Waals surface area contributed by atoms with E-state index in [-0.39, 0.29) is 0 Å². The molecule has 2 aromatic heterocycles. The predicted octanol–water partition coefficient (Wildman–Crippen LogP) is 1.72. The van der Waals surface area contributed by atoms with Crippen molar-refractivity contribution in [1.82, 2.24) is 24.5 Å². The van der Waals surface area contributed by atoms with Crippen LogP contribution in [0.1, 0.15) is 5.82 Å². The van der Waals surface area contributed by atoms with E-state index in [4.69, 9.17) is 0 Å². The summed E-state index contributed by atoms with van der Waals surface area (Å²) < 4.78 is 4.84. The van der Waals surface area contributed by atoms with Crippen LogP contribution in [-0.2, 0) is 19.4 Å². The molecule has 2 heterocycles. The van der Waals surface area contributed by atoms with Crippen LogP contribution in [0.25, 0.3) is 11.4 Å². The van der Waals surface area contributed by atoms with Gasteiger partial charge in [-0.05, 0) is 22.6 Å². The molecule has 0 N–H and O–H groups in total. The van der Waals surface area contributed by atoms with Crippen LogP contribution in [0, 0.1) is 3.70 Å². The van der Waals surface area contributed by atoms with E-state index in [2.05, 4.69) is 53.8 Å². The van der Waals surface area contributed by atoms with Gasteiger partial charge in [0.05, 0.1) is 17.1 Å². The van der Waals surface area contributed by atoms with Gasteiger partial charge in [0, 0.05) is 14.1 Å². The Labute approximate surface area is 109 Å². The number of rotatable bonds is 2. The monoisotopic (exact) mass is 381 g/mol. The molecule has 0 atom stereocenters. The zero-order valence-corrected chi connectivity index (χ0v) is 12.0. The molecular formula is C8H9BrIN5. The zero-order valence-electron chi connectivity index (χ0n) is 8.28. The van der Waals surface area contributed by atoms with Crippen molar-refractivity contribution in [3.63, 3.8) is 0 Å². The first-order chi connectivity index (χ1) is 7.15. The van der Waals surface area contributed by atoms with Crippen LogP contribution < -0.4 is 0 Å². The Balaban J connectivity index is 2.54. The molecule has 0 unspecified atom stereocenters. The number of hydrogen-bond acceptors (Lipinski definition) is 3. The first-order valence-electron chi connectivity index (χ1n) is 4.27. The maximum absolute atomic E-state index is 4.19. The van der Waals surface area contributed by atoms with Gasteiger partial charge in [0.2, 0.25) is 0 Å². The molecule has 7 heteroatoms. The zero-order chi connectivity index (χ0) is 11.0. The summed E-state index contributed by atoms with van der Waals surface area (Å²) in [6.45, 7) is 0. The second kappa shape index (κ2) is 4.20. The van der Waals surface area contributed by atoms with Gasteiger partial charge in [0.15, 0.2) is 5.82 Å². The van der Waals surface area contributed by atoms with Crippen molar-refractivity contribution < 1.29 is 0 Å². The Morgan fingerprint density at radius 3 is 2.60 bits per heavy atom. The molecular weight excluding hydrogens is 373 g/mol. The molecule has 2 rings (SSSR count). The van der Waals surface area contributed by atoms with Gasteiger partial charge in [0.1, 0.15) is 9.53 Å². The number of aromatic nitrogens is 5. The molecule has 5 nitrogen and oxygen atoms in total. The third kappa shape index (κ3) is 1.82. The second-order valence-electron chi connectivity index (χ2n) is 3.11. The Morgan fingerprint density at radius 2 is 2.13 bits per heavy atom. The van der Waals surface area contributed by atoms with Gasteiger partial charge < -0.3 is 4.57 Å². The maximum atomic E-state index is 4.19. The van der Waals surface area contributed by atoms with E-state index < -0.39 is 0 Å². The maximum Gasteiger partial charge on any atom is 0.168 e. The Hall–Kier alpha value is -0.440. The van der Waals surface area contributed by atoms with Gasteiger partial charge in [-0.1, -0.05) is 15.9 Å². The lowest BCUT2D eigenvalue weighted by Crippen LogP contribution is -1.98. The van der Waals surface area contributed by atoms with Crippen molar-refractivity contribution in [1.29, 1.82) is 0 Å². The third-order valence-corrected chi connectivity index (χ3v) is 3.97. The number of halogens is 2. The Kier molecular flexibility index (Phi) is 3.10. The highest BCUT2D eigenvalue weighted by molar-refractivity contribution is 14.1. The standard InChI is InChI=1S/C8H9BrIN5/c1-14-6(3-9)12-13-8(14)5-4-11-15(2)7(5)10/h4H,3H2,1-2H3. The van der Waals surface area contributed by atoms with E-state index in [0.717, 1.165) is 20.9 Å². The summed E-state index contributed by atoms with van der Waals surface area (Å²) in [5.41, 5.74) is 1.01. The average molecular weight is 382 g/mol. The molecule has 0 aliphatic heterocycles. The van der Waals surface area contributed by atoms with Crippen molar-refractivity contribution in [2.75, 3.05) is 0 Å². The van der Waals surface area contributed by atoms with Crippen LogP contribution >= 0.6 is 38.5 Å². The van der Waals surface area contributed by atoms with Crippen LogP contribution in [0.2, 0.25) is 0 Å². The van der Waals surface area contributed by atoms with Gasteiger partial charge in [-0.3, -0.25) is 4.68 Å². The summed E-state index contributed by atoms with van der Waals surface area (Å²) in [4.78, 5) is 0. The summed E-state index contributed by atoms with van der Waals surface area (Å²) in [5, 5.41) is 13.1. The van der Waals surface area contributed by atoms with Gasteiger partial charge in [-0.15, -0.1) is 10.2 Å². The normalized spacial score (nSPS) is 10.9. The lowest BCUT2D eigenvalue weighted by Gasteiger charge is -2.00. The van der Waals surface area contributed by atoms with Crippen molar-refractivity contribution in [2.45, 2.75) is 5.33 Å². The highest BCUT2D eigenvalue weighted by atomic mass is 127. The minimum Gasteiger partial charge on any atom is -0.313 e. The largest absolute Gasteiger partial charge is 0.313 e. The van der Waals surface area contributed by atoms with Crippen LogP contribution in [-0.4, -0.2) is 24.5 Å². The summed E-state index contributed by atoms with van der Waals surface area (Å²) in [5.74, 6) is 1.76. The van der Waals surface area contributed by atoms with Gasteiger partial charge in [-0.2, -0.15) is 5.10 Å². The van der Waals surface area contributed by atoms with Crippen molar-refractivity contribution in [3.8, 4) is 11.4 Å². The quantitative estimate of drug-likeness (QED) is 0.587. The fraction of sp³-hybridized carbons (Fsp3) is 0.375. The highest BCUT2D eigenvalue weighted by Crippen LogP contribution is 2.23. The average Bonchev–Trinajstić information content (AvgIpc) is 2.73. The molecule has 0 aliphatic rings. The van der Waals surface area contributed by atoms with Crippen LogP contribution in [0.5, 0.6) is 0 Å². The first-order valence-corrected chi connectivity index (χ1v) is 6.47. The molecule has 0 saturated carbocycles. The summed E-state index contributed by atoms with van der Waals surface area (Å²) in [6, 6.07) is 0. The van der Waals surface area contributed by atoms with E-state index in [1.807, 2.05) is 29.5 Å². The van der Waals surface area contributed by atoms with Crippen molar-refractivity contribution >= 4 is 38.5 Å². The van der Waals surface area contributed by atoms with Crippen LogP contribution in [0.4, 0.5) is 0 Å². The molecule has 0 bridgehead atoms. The molecule has 15 heavy (non-hydrogen) atoms. The number of hydrogen-bond donors (Lipinski definition) is 0. The number of alkyl halides is 1. The van der Waals surface area contributed by atoms with E-state index >= 15 is 0 Å². The minimum atomic E-state index is 0.702. The molecule has 2 aromatic rings. The number of nitrogens with zero attached hydrogens (tertiary/aromatic N) is 5. The lowest BCUT2D eigenvalue weighted by atomic mass is 10.3. The van der Waals surface area contributed by atoms with Crippen LogP contribution in [0.15, 0.2) is 6.20 Å². The van der Waals surface area contributed by atoms with E-state index in [1.54, 1.807) is 0 Å². The summed E-state index contributed by atoms with van der Waals surface area (Å²) >= 11 is 5.62. The molecule has 0 amide bonds. The van der Waals surface area contributed by atoms with Crippen molar-refractivity contribution in [2.24, 2.45) is 14.1 Å². The Bertz CT molecular complexity index is 489. The summed E-state index contributed by atoms with van der Waals surface area (Å²) in [6.07, 6.45) is 1.81. The summed E-state index contributed by atoms with van der Waals surface area (Å²) in [7, 11) is 3.86. The highest BCUT2D eigenvalue weighted by Gasteiger charge is 2.15. The first kappa shape index (κ1) is 11.1. The molecule has 0 fully saturated rings. The van der Waals surface area contributed by atoms with Crippen LogP contribution in [0.3, 0.4) is 0 Å². The fourth-order valence-electron chi connectivity index (χ4n) is 1.29. The predicted molar refractivity (Wildman–Crippen MR) is 68.6 cm³/mol. The third-order valence-electron chi connectivity index (χ3n) is 2.19. The molecule has 0 spiro atoms. The van der Waals surface area contributed by atoms with E-state index in [0.29, 0.717) is 5.33 Å².